The van der Waals surface area contributed by atoms with Crippen molar-refractivity contribution in [2.45, 2.75) is 65.2 Å². The third kappa shape index (κ3) is 6.09. The van der Waals surface area contributed by atoms with Gasteiger partial charge in [0.25, 0.3) is 0 Å². The minimum atomic E-state index is 1.02. The second-order valence-electron chi connectivity index (χ2n) is 8.03. The fraction of sp³-hybridized carbons (Fsp3) is 0.357. The van der Waals surface area contributed by atoms with Crippen LogP contribution in [0.25, 0.3) is 0 Å². The van der Waals surface area contributed by atoms with E-state index in [2.05, 4.69) is 86.6 Å². The van der Waals surface area contributed by atoms with E-state index in [-0.39, 0.29) is 0 Å². The summed E-state index contributed by atoms with van der Waals surface area (Å²) in [6, 6.07) is 26.9. The topological polar surface area (TPSA) is 0 Å². The zero-order valence-corrected chi connectivity index (χ0v) is 17.6. The summed E-state index contributed by atoms with van der Waals surface area (Å²) < 4.78 is 0. The highest BCUT2D eigenvalue weighted by Crippen LogP contribution is 2.19. The zero-order valence-electron chi connectivity index (χ0n) is 17.6. The average Bonchev–Trinajstić information content (AvgIpc) is 2.72. The quantitative estimate of drug-likeness (QED) is 0.321. The van der Waals surface area contributed by atoms with Crippen LogP contribution in [0.2, 0.25) is 0 Å². The number of benzene rings is 3. The first kappa shape index (κ1) is 20.4. The highest BCUT2D eigenvalue weighted by Gasteiger charge is 2.05. The van der Waals surface area contributed by atoms with Crippen LogP contribution in [-0.2, 0) is 19.3 Å². The van der Waals surface area contributed by atoms with Crippen molar-refractivity contribution in [3.8, 4) is 0 Å². The molecular weight excluding hydrogens is 336 g/mol. The van der Waals surface area contributed by atoms with Crippen LogP contribution < -0.4 is 0 Å². The molecule has 0 atom stereocenters. The lowest BCUT2D eigenvalue weighted by molar-refractivity contribution is 0.631. The summed E-state index contributed by atoms with van der Waals surface area (Å²) in [5.74, 6) is 0. The number of rotatable bonds is 10. The van der Waals surface area contributed by atoms with Gasteiger partial charge in [-0.25, -0.2) is 0 Å². The highest BCUT2D eigenvalue weighted by molar-refractivity contribution is 5.36. The number of hydrogen-bond donors (Lipinski definition) is 0. The van der Waals surface area contributed by atoms with Crippen molar-refractivity contribution in [2.75, 3.05) is 0 Å². The molecule has 0 bridgehead atoms. The molecule has 0 heterocycles. The molecule has 0 nitrogen and oxygen atoms in total. The number of aryl methyl sites for hydroxylation is 2. The Hall–Kier alpha value is -2.34. The third-order valence-corrected chi connectivity index (χ3v) is 5.74. The molecule has 146 valence electrons. The maximum Gasteiger partial charge on any atom is -0.00230 e. The van der Waals surface area contributed by atoms with Crippen molar-refractivity contribution in [1.29, 1.82) is 0 Å². The van der Waals surface area contributed by atoms with Gasteiger partial charge in [0.05, 0.1) is 0 Å². The van der Waals surface area contributed by atoms with E-state index in [9.17, 15) is 0 Å². The Labute approximate surface area is 171 Å². The number of hydrogen-bond acceptors (Lipinski definition) is 0. The van der Waals surface area contributed by atoms with Gasteiger partial charge in [-0.15, -0.1) is 0 Å². The van der Waals surface area contributed by atoms with E-state index >= 15 is 0 Å². The second-order valence-corrected chi connectivity index (χ2v) is 8.03. The highest BCUT2D eigenvalue weighted by atomic mass is 14.1. The van der Waals surface area contributed by atoms with Crippen LogP contribution in [0, 0.1) is 6.92 Å². The van der Waals surface area contributed by atoms with Gasteiger partial charge in [0, 0.05) is 0 Å². The third-order valence-electron chi connectivity index (χ3n) is 5.74. The van der Waals surface area contributed by atoms with E-state index in [4.69, 9.17) is 0 Å². The van der Waals surface area contributed by atoms with Crippen LogP contribution in [-0.4, -0.2) is 0 Å². The van der Waals surface area contributed by atoms with Gasteiger partial charge in [0.15, 0.2) is 0 Å². The van der Waals surface area contributed by atoms with E-state index in [1.165, 1.54) is 71.9 Å². The molecule has 3 rings (SSSR count). The first-order valence-corrected chi connectivity index (χ1v) is 11.0. The maximum absolute atomic E-state index is 2.32. The molecular formula is C28H34. The Kier molecular flexibility index (Phi) is 7.91. The average molecular weight is 371 g/mol. The number of unbranched alkanes of at least 4 members (excludes halogenated alkanes) is 4. The summed E-state index contributed by atoms with van der Waals surface area (Å²) >= 11 is 0. The minimum Gasteiger partial charge on any atom is -0.0654 e. The van der Waals surface area contributed by atoms with Crippen molar-refractivity contribution in [3.63, 3.8) is 0 Å². The Morgan fingerprint density at radius 3 is 1.71 bits per heavy atom. The molecule has 0 fully saturated rings. The molecule has 0 unspecified atom stereocenters. The van der Waals surface area contributed by atoms with E-state index in [0.717, 1.165) is 12.8 Å². The van der Waals surface area contributed by atoms with Gasteiger partial charge in [-0.2, -0.15) is 0 Å². The monoisotopic (exact) mass is 370 g/mol. The van der Waals surface area contributed by atoms with E-state index in [0.29, 0.717) is 0 Å². The van der Waals surface area contributed by atoms with E-state index < -0.39 is 0 Å². The van der Waals surface area contributed by atoms with Crippen LogP contribution in [0.3, 0.4) is 0 Å². The molecule has 0 N–H and O–H groups in total. The smallest absolute Gasteiger partial charge is 0.00230 e. The van der Waals surface area contributed by atoms with Crippen molar-refractivity contribution in [1.82, 2.24) is 0 Å². The summed E-state index contributed by atoms with van der Waals surface area (Å²) in [4.78, 5) is 0. The lowest BCUT2D eigenvalue weighted by Gasteiger charge is -2.11. The SMILES string of the molecule is CCCCCCCc1ccccc1Cc1ccc(Cc2ccccc2C)cc1. The molecule has 0 aliphatic heterocycles. The van der Waals surface area contributed by atoms with Gasteiger partial charge >= 0.3 is 0 Å². The van der Waals surface area contributed by atoms with E-state index in [1.54, 1.807) is 0 Å². The van der Waals surface area contributed by atoms with Crippen LogP contribution in [0.5, 0.6) is 0 Å². The van der Waals surface area contributed by atoms with Crippen molar-refractivity contribution < 1.29 is 0 Å². The minimum absolute atomic E-state index is 1.02. The van der Waals surface area contributed by atoms with Crippen LogP contribution >= 0.6 is 0 Å². The first-order chi connectivity index (χ1) is 13.8. The predicted molar refractivity (Wildman–Crippen MR) is 122 cm³/mol. The van der Waals surface area contributed by atoms with Gasteiger partial charge in [-0.1, -0.05) is 105 Å². The first-order valence-electron chi connectivity index (χ1n) is 11.0. The van der Waals surface area contributed by atoms with E-state index in [1.807, 2.05) is 0 Å². The normalized spacial score (nSPS) is 10.9. The van der Waals surface area contributed by atoms with Crippen molar-refractivity contribution in [3.05, 3.63) is 106 Å². The van der Waals surface area contributed by atoms with Crippen molar-refractivity contribution >= 4 is 0 Å². The summed E-state index contributed by atoms with van der Waals surface area (Å²) in [5.41, 5.74) is 8.62. The molecule has 0 aliphatic carbocycles. The molecule has 0 saturated carbocycles. The summed E-state index contributed by atoms with van der Waals surface area (Å²) in [5, 5.41) is 0. The summed E-state index contributed by atoms with van der Waals surface area (Å²) in [7, 11) is 0. The van der Waals surface area contributed by atoms with Crippen LogP contribution in [0.15, 0.2) is 72.8 Å². The molecule has 28 heavy (non-hydrogen) atoms. The molecule has 0 aliphatic rings. The van der Waals surface area contributed by atoms with Gasteiger partial charge < -0.3 is 0 Å². The summed E-state index contributed by atoms with van der Waals surface area (Å²) in [6.07, 6.45) is 10.00. The molecule has 0 amide bonds. The molecule has 3 aromatic carbocycles. The maximum atomic E-state index is 2.32. The zero-order chi connectivity index (χ0) is 19.6. The van der Waals surface area contributed by atoms with Gasteiger partial charge in [0.2, 0.25) is 0 Å². The second kappa shape index (κ2) is 10.9. The van der Waals surface area contributed by atoms with Crippen molar-refractivity contribution in [2.24, 2.45) is 0 Å². The van der Waals surface area contributed by atoms with Gasteiger partial charge in [-0.3, -0.25) is 0 Å². The van der Waals surface area contributed by atoms with Gasteiger partial charge in [0.1, 0.15) is 0 Å². The molecule has 0 saturated heterocycles. The summed E-state index contributed by atoms with van der Waals surface area (Å²) in [6.45, 7) is 4.48. The molecule has 0 heteroatoms. The van der Waals surface area contributed by atoms with Crippen LogP contribution in [0.4, 0.5) is 0 Å². The van der Waals surface area contributed by atoms with Crippen LogP contribution in [0.1, 0.15) is 72.4 Å². The molecule has 0 aromatic heterocycles. The fourth-order valence-electron chi connectivity index (χ4n) is 3.92. The van der Waals surface area contributed by atoms with Gasteiger partial charge in [-0.05, 0) is 66.0 Å². The Morgan fingerprint density at radius 1 is 0.536 bits per heavy atom. The molecule has 3 aromatic rings. The molecule has 0 spiro atoms. The Bertz CT molecular complexity index is 842. The lowest BCUT2D eigenvalue weighted by Crippen LogP contribution is -1.97. The standard InChI is InChI=1S/C28H34/c1-3-4-5-6-7-13-26-14-10-11-16-28(26)22-25-19-17-24(18-20-25)21-27-15-9-8-12-23(27)2/h8-12,14-20H,3-7,13,21-22H2,1-2H3. The largest absolute Gasteiger partial charge is 0.0654 e. The predicted octanol–water partition coefficient (Wildman–Crippen LogP) is 7.69. The lowest BCUT2D eigenvalue weighted by atomic mass is 9.94. The Morgan fingerprint density at radius 2 is 1.07 bits per heavy atom. The Balaban J connectivity index is 1.60. The fourth-order valence-corrected chi connectivity index (χ4v) is 3.92. The molecule has 0 radical (unpaired) electrons.